The molecule has 0 spiro atoms. The highest BCUT2D eigenvalue weighted by atomic mass is 15.0. The molecule has 9 aromatic carbocycles. The first-order valence-corrected chi connectivity index (χ1v) is 21.8. The van der Waals surface area contributed by atoms with Gasteiger partial charge in [-0.1, -0.05) is 178 Å². The number of nitrogens with zero attached hydrogens (tertiary/aromatic N) is 2. The molecule has 2 aromatic heterocycles. The molecule has 8 heteroatoms. The third-order valence-corrected chi connectivity index (χ3v) is 13.7. The molecule has 0 amide bonds. The molecule has 11 rings (SSSR count). The summed E-state index contributed by atoms with van der Waals surface area (Å²) in [7, 11) is 14.1. The van der Waals surface area contributed by atoms with Gasteiger partial charge in [-0.2, -0.15) is 0 Å². The highest BCUT2D eigenvalue weighted by Crippen LogP contribution is 2.39. The van der Waals surface area contributed by atoms with Crippen LogP contribution in [0.4, 0.5) is 0 Å². The normalized spacial score (nSPS) is 11.6. The number of fused-ring (bicyclic) bond motifs is 6. The molecule has 0 N–H and O–H groups in total. The summed E-state index contributed by atoms with van der Waals surface area (Å²) in [5.74, 6) is 0. The Morgan fingerprint density at radius 1 is 0.290 bits per heavy atom. The lowest BCUT2D eigenvalue weighted by Crippen LogP contribution is -2.41. The van der Waals surface area contributed by atoms with E-state index in [1.807, 2.05) is 0 Å². The molecule has 0 unspecified atom stereocenters. The van der Waals surface area contributed by atoms with E-state index in [1.54, 1.807) is 0 Å². The van der Waals surface area contributed by atoms with Gasteiger partial charge in [-0.3, -0.25) is 0 Å². The number of para-hydroxylation sites is 1. The maximum atomic E-state index is 2.54. The van der Waals surface area contributed by atoms with E-state index in [-0.39, 0.29) is 0 Å². The van der Waals surface area contributed by atoms with Gasteiger partial charge in [0.15, 0.2) is 0 Å². The summed E-state index contributed by atoms with van der Waals surface area (Å²) in [5, 5.41) is 5.22. The molecule has 286 valence electrons. The maximum absolute atomic E-state index is 2.54. The van der Waals surface area contributed by atoms with Crippen LogP contribution in [0.25, 0.3) is 99.5 Å². The minimum atomic E-state index is 1.17. The smallest absolute Gasteiger partial charge is 0.141 e. The van der Waals surface area contributed by atoms with Crippen LogP contribution in [0.5, 0.6) is 0 Å². The molecule has 2 nitrogen and oxygen atoms in total. The summed E-state index contributed by atoms with van der Waals surface area (Å²) in [5.41, 5.74) is 25.3. The fourth-order valence-electron chi connectivity index (χ4n) is 10.6. The summed E-state index contributed by atoms with van der Waals surface area (Å²) in [6.45, 7) is 0. The summed E-state index contributed by atoms with van der Waals surface area (Å²) in [6, 6.07) is 66.3. The van der Waals surface area contributed by atoms with E-state index in [1.165, 1.54) is 132 Å². The zero-order valence-corrected chi connectivity index (χ0v) is 36.2. The van der Waals surface area contributed by atoms with E-state index in [4.69, 9.17) is 0 Å². The predicted octanol–water partition coefficient (Wildman–Crippen LogP) is 4.10. The third-order valence-electron chi connectivity index (χ3n) is 13.7. The van der Waals surface area contributed by atoms with Crippen molar-refractivity contribution >= 4 is 123 Å². The monoisotopic (exact) mass is 784 g/mol. The maximum Gasteiger partial charge on any atom is 0.141 e. The van der Waals surface area contributed by atoms with Crippen molar-refractivity contribution in [3.05, 3.63) is 182 Å². The molecule has 0 radical (unpaired) electrons. The number of aromatic nitrogens is 2. The first-order valence-electron chi connectivity index (χ1n) is 21.8. The van der Waals surface area contributed by atoms with Gasteiger partial charge in [-0.25, -0.2) is 0 Å². The van der Waals surface area contributed by atoms with Crippen LogP contribution in [0.3, 0.4) is 0 Å². The fourth-order valence-corrected chi connectivity index (χ4v) is 10.6. The topological polar surface area (TPSA) is 9.86 Å². The van der Waals surface area contributed by atoms with Crippen molar-refractivity contribution in [1.29, 1.82) is 0 Å². The van der Waals surface area contributed by atoms with Crippen LogP contribution in [0, 0.1) is 0 Å². The first kappa shape index (κ1) is 37.9. The van der Waals surface area contributed by atoms with E-state index in [0.29, 0.717) is 0 Å². The molecule has 0 aliphatic carbocycles. The number of benzene rings is 9. The van der Waals surface area contributed by atoms with Gasteiger partial charge < -0.3 is 9.13 Å². The van der Waals surface area contributed by atoms with Crippen LogP contribution in [-0.4, -0.2) is 56.2 Å². The highest BCUT2D eigenvalue weighted by Gasteiger charge is 2.27. The van der Waals surface area contributed by atoms with Gasteiger partial charge >= 0.3 is 0 Å². The average Bonchev–Trinajstić information content (AvgIpc) is 3.87. The lowest BCUT2D eigenvalue weighted by atomic mass is 9.63. The Kier molecular flexibility index (Phi) is 9.09. The second kappa shape index (κ2) is 14.9. The second-order valence-corrected chi connectivity index (χ2v) is 17.0. The third kappa shape index (κ3) is 5.73. The van der Waals surface area contributed by atoms with E-state index < -0.39 is 0 Å². The largest absolute Gasteiger partial charge is 0.310 e. The minimum absolute atomic E-state index is 1.17. The van der Waals surface area contributed by atoms with Gasteiger partial charge in [0.2, 0.25) is 0 Å². The van der Waals surface area contributed by atoms with Crippen LogP contribution in [-0.2, 0) is 0 Å². The Morgan fingerprint density at radius 3 is 1.27 bits per heavy atom. The van der Waals surface area contributed by atoms with Gasteiger partial charge in [0.05, 0.1) is 11.0 Å². The van der Waals surface area contributed by atoms with Gasteiger partial charge in [0, 0.05) is 44.0 Å². The predicted molar refractivity (Wildman–Crippen MR) is 286 cm³/mol. The summed E-state index contributed by atoms with van der Waals surface area (Å²) in [4.78, 5) is 0. The molecular weight excluding hydrogens is 741 g/mol. The highest BCUT2D eigenvalue weighted by molar-refractivity contribution is 6.65. The zero-order chi connectivity index (χ0) is 42.2. The average molecular weight is 784 g/mol. The first-order chi connectivity index (χ1) is 30.3. The number of hydrogen-bond donors (Lipinski definition) is 0. The van der Waals surface area contributed by atoms with E-state index in [9.17, 15) is 0 Å². The van der Waals surface area contributed by atoms with E-state index >= 15 is 0 Å². The molecule has 2 heterocycles. The molecule has 0 saturated carbocycles. The Labute approximate surface area is 368 Å². The quantitative estimate of drug-likeness (QED) is 0.225. The Morgan fingerprint density at radius 2 is 0.710 bits per heavy atom. The van der Waals surface area contributed by atoms with Crippen molar-refractivity contribution in [2.45, 2.75) is 0 Å². The number of hydrogen-bond acceptors (Lipinski definition) is 0. The van der Waals surface area contributed by atoms with Crippen molar-refractivity contribution < 1.29 is 0 Å². The van der Waals surface area contributed by atoms with E-state index in [2.05, 4.69) is 238 Å². The molecule has 62 heavy (non-hydrogen) atoms. The van der Waals surface area contributed by atoms with Gasteiger partial charge in [-0.05, 0) is 80.9 Å². The van der Waals surface area contributed by atoms with Crippen LogP contribution >= 0.6 is 0 Å². The van der Waals surface area contributed by atoms with Crippen molar-refractivity contribution in [1.82, 2.24) is 9.13 Å². The van der Waals surface area contributed by atoms with Crippen LogP contribution in [0.1, 0.15) is 0 Å². The van der Waals surface area contributed by atoms with Gasteiger partial charge in [0.1, 0.15) is 47.1 Å². The fraction of sp³-hybridized carbons (Fsp3) is 0. The van der Waals surface area contributed by atoms with Crippen molar-refractivity contribution in [2.24, 2.45) is 0 Å². The van der Waals surface area contributed by atoms with Crippen LogP contribution in [0.15, 0.2) is 182 Å². The summed E-state index contributed by atoms with van der Waals surface area (Å²) >= 11 is 0. The summed E-state index contributed by atoms with van der Waals surface area (Å²) < 4.78 is 5.04. The molecule has 0 atom stereocenters. The standard InChI is InChI=1S/C54H42B6N2/c55-47-43-39-25-10-11-27-40(39)61(36-23-12-21-34(29-36)31-15-4-1-5-16-31)53(43)51(59)49(57)44(47)45-48(56)46-42-38(33-19-8-3-9-20-33)26-14-28-41(42)62(54(46)52(60)50(45)58)37-24-13-22-35(30-37)32-17-6-2-7-18-32/h1-30H,55-60H2. The molecule has 0 aliphatic rings. The zero-order valence-electron chi connectivity index (χ0n) is 36.2. The molecule has 0 fully saturated rings. The Bertz CT molecular complexity index is 3580. The number of rotatable bonds is 6. The molecule has 0 aliphatic heterocycles. The lowest BCUT2D eigenvalue weighted by Gasteiger charge is -2.24. The van der Waals surface area contributed by atoms with Gasteiger partial charge in [0.25, 0.3) is 0 Å². The molecule has 11 aromatic rings. The molecular formula is C54H42B6N2. The SMILES string of the molecule is Bc1c(-c2c(B)c(B)c3c(c2B)c2c(-c4ccccc4)cccc2n3-c2cccc(-c3ccccc3)c2)c(B)c2c3ccccc3n(-c3cccc(-c4ccccc4)c3)c2c1B. The summed E-state index contributed by atoms with van der Waals surface area (Å²) in [6.07, 6.45) is 0. The van der Waals surface area contributed by atoms with Crippen LogP contribution < -0.4 is 32.8 Å². The molecule has 0 bridgehead atoms. The Hall–Kier alpha value is -7.03. The minimum Gasteiger partial charge on any atom is -0.310 e. The van der Waals surface area contributed by atoms with Crippen molar-refractivity contribution in [2.75, 3.05) is 0 Å². The van der Waals surface area contributed by atoms with E-state index in [0.717, 1.165) is 0 Å². The molecule has 0 saturated heterocycles. The van der Waals surface area contributed by atoms with Crippen molar-refractivity contribution in [3.63, 3.8) is 0 Å². The Balaban J connectivity index is 1.23. The second-order valence-electron chi connectivity index (χ2n) is 17.0. The van der Waals surface area contributed by atoms with Crippen molar-refractivity contribution in [3.8, 4) is 55.9 Å². The van der Waals surface area contributed by atoms with Crippen LogP contribution in [0.2, 0.25) is 0 Å². The lowest BCUT2D eigenvalue weighted by molar-refractivity contribution is 1.19. The van der Waals surface area contributed by atoms with Gasteiger partial charge in [-0.15, -0.1) is 0 Å².